The third-order valence-corrected chi connectivity index (χ3v) is 10.2. The molecule has 5 aromatic rings. The molecule has 0 bridgehead atoms. The van der Waals surface area contributed by atoms with Crippen molar-refractivity contribution in [2.75, 3.05) is 23.0 Å². The van der Waals surface area contributed by atoms with Crippen LogP contribution in [-0.2, 0) is 26.8 Å². The van der Waals surface area contributed by atoms with Gasteiger partial charge in [-0.15, -0.1) is 0 Å². The molecule has 1 aliphatic heterocycles. The quantitative estimate of drug-likeness (QED) is 0.133. The Labute approximate surface area is 259 Å². The molecule has 230 valence electrons. The van der Waals surface area contributed by atoms with Gasteiger partial charge in [0.2, 0.25) is 11.4 Å². The number of anilines is 1. The fourth-order valence-corrected chi connectivity index (χ4v) is 7.61. The predicted octanol–water partition coefficient (Wildman–Crippen LogP) is 5.49. The van der Waals surface area contributed by atoms with Gasteiger partial charge in [-0.2, -0.15) is 4.57 Å². The van der Waals surface area contributed by atoms with E-state index in [0.717, 1.165) is 42.6 Å². The van der Waals surface area contributed by atoms with Crippen LogP contribution in [-0.4, -0.2) is 44.0 Å². The predicted molar refractivity (Wildman–Crippen MR) is 168 cm³/mol. The van der Waals surface area contributed by atoms with E-state index >= 15 is 0 Å². The first-order valence-corrected chi connectivity index (χ1v) is 18.1. The van der Waals surface area contributed by atoms with Crippen molar-refractivity contribution in [1.29, 1.82) is 0 Å². The number of thiazole rings is 1. The molecular weight excluding hydrogens is 625 g/mol. The summed E-state index contributed by atoms with van der Waals surface area (Å²) in [6.07, 6.45) is 6.43. The molecule has 6 rings (SSSR count). The second-order valence-electron chi connectivity index (χ2n) is 10.5. The normalized spacial score (nSPS) is 15.1. The Kier molecular flexibility index (Phi) is 8.24. The molecule has 0 saturated heterocycles. The molecule has 3 aromatic carbocycles. The Bertz CT molecular complexity index is 2160. The first kappa shape index (κ1) is 30.3. The van der Waals surface area contributed by atoms with Crippen molar-refractivity contribution < 1.29 is 39.7 Å². The summed E-state index contributed by atoms with van der Waals surface area (Å²) in [6.45, 7) is 2.58. The summed E-state index contributed by atoms with van der Waals surface area (Å²) >= 11 is 1.54. The number of fused-ring (bicyclic) bond motifs is 5. The Morgan fingerprint density at radius 3 is 2.43 bits per heavy atom. The number of allylic oxidation sites excluding steroid dienone is 2. The van der Waals surface area contributed by atoms with E-state index in [1.54, 1.807) is 17.6 Å². The van der Waals surface area contributed by atoms with Gasteiger partial charge in [0.05, 0.1) is 37.6 Å². The maximum Gasteiger partial charge on any atom is 0.263 e. The van der Waals surface area contributed by atoms with Gasteiger partial charge in [0.15, 0.2) is 12.3 Å². The van der Waals surface area contributed by atoms with Gasteiger partial charge in [-0.05, 0) is 59.5 Å². The molecule has 0 radical (unpaired) electrons. The van der Waals surface area contributed by atoms with Crippen molar-refractivity contribution in [1.82, 2.24) is 0 Å². The second kappa shape index (κ2) is 12.0. The molecule has 44 heavy (non-hydrogen) atoms. The van der Waals surface area contributed by atoms with Gasteiger partial charge >= 0.3 is 0 Å². The zero-order chi connectivity index (χ0) is 31.1. The molecule has 0 amide bonds. The molecule has 0 fully saturated rings. The first-order valence-electron chi connectivity index (χ1n) is 14.1. The minimum Gasteiger partial charge on any atom is -0.748 e. The smallest absolute Gasteiger partial charge is 0.263 e. The highest BCUT2D eigenvalue weighted by atomic mass is 32.2. The standard InChI is InChI=1S/C31H30N2O8S3/c1-2-21(18-30-33(13-6-16-44(37,38)39)31-24-11-14-40-26(24)9-10-28(31)42-30)17-29-32(12-5-15-43(34,35)36)25-19-22-7-3-4-8-23(22)20-27(25)41-29/h3-4,7-11,14,17-20H,2,5-6,12-13,15-16H2,1H3,(H-,34,35,36,37,38,39)/p-1. The third-order valence-electron chi connectivity index (χ3n) is 7.50. The minimum absolute atomic E-state index is 0.129. The number of furan rings is 1. The maximum atomic E-state index is 11.4. The van der Waals surface area contributed by atoms with Crippen molar-refractivity contribution >= 4 is 75.3 Å². The van der Waals surface area contributed by atoms with E-state index in [1.165, 1.54) is 0 Å². The Balaban J connectivity index is 1.41. The summed E-state index contributed by atoms with van der Waals surface area (Å²) in [6, 6.07) is 17.5. The lowest BCUT2D eigenvalue weighted by Crippen LogP contribution is -2.36. The van der Waals surface area contributed by atoms with Crippen molar-refractivity contribution in [2.24, 2.45) is 0 Å². The number of aromatic nitrogens is 1. The summed E-state index contributed by atoms with van der Waals surface area (Å²) in [7, 11) is -8.74. The first-order chi connectivity index (χ1) is 21.0. The molecular formula is C31H29N2O8S3-. The highest BCUT2D eigenvalue weighted by molar-refractivity contribution is 7.85. The second-order valence-corrected chi connectivity index (χ2v) is 14.7. The van der Waals surface area contributed by atoms with Crippen LogP contribution in [0.25, 0.3) is 38.0 Å². The van der Waals surface area contributed by atoms with E-state index in [2.05, 4.69) is 0 Å². The zero-order valence-corrected chi connectivity index (χ0v) is 26.2. The average Bonchev–Trinajstić information content (AvgIpc) is 3.66. The Morgan fingerprint density at radius 1 is 0.977 bits per heavy atom. The van der Waals surface area contributed by atoms with Crippen LogP contribution in [0.3, 0.4) is 0 Å². The summed E-state index contributed by atoms with van der Waals surface area (Å²) in [4.78, 5) is 1.89. The highest BCUT2D eigenvalue weighted by Gasteiger charge is 2.28. The number of nitrogens with zero attached hydrogens (tertiary/aromatic N) is 2. The van der Waals surface area contributed by atoms with Crippen LogP contribution in [0.15, 0.2) is 82.8 Å². The molecule has 0 spiro atoms. The third kappa shape index (κ3) is 6.52. The Morgan fingerprint density at radius 2 is 1.70 bits per heavy atom. The molecule has 0 saturated carbocycles. The van der Waals surface area contributed by atoms with Crippen LogP contribution in [0.5, 0.6) is 5.75 Å². The summed E-state index contributed by atoms with van der Waals surface area (Å²) in [5.41, 5.74) is 3.29. The van der Waals surface area contributed by atoms with Gasteiger partial charge < -0.3 is 23.2 Å². The van der Waals surface area contributed by atoms with Gasteiger partial charge in [-0.25, -0.2) is 16.8 Å². The van der Waals surface area contributed by atoms with Crippen LogP contribution >= 0.6 is 11.3 Å². The van der Waals surface area contributed by atoms with E-state index in [9.17, 15) is 25.9 Å². The number of hydrogen-bond acceptors (Lipinski definition) is 10. The van der Waals surface area contributed by atoms with E-state index in [4.69, 9.17) is 9.15 Å². The zero-order valence-electron chi connectivity index (χ0n) is 23.8. The summed E-state index contributed by atoms with van der Waals surface area (Å²) in [5, 5.41) is 3.75. The van der Waals surface area contributed by atoms with Crippen molar-refractivity contribution in [3.63, 3.8) is 0 Å². The monoisotopic (exact) mass is 653 g/mol. The van der Waals surface area contributed by atoms with Crippen LogP contribution in [0.1, 0.15) is 31.2 Å². The highest BCUT2D eigenvalue weighted by Crippen LogP contribution is 2.42. The topological polar surface area (TPSA) is 144 Å². The molecule has 0 aliphatic carbocycles. The lowest BCUT2D eigenvalue weighted by Gasteiger charge is -2.19. The van der Waals surface area contributed by atoms with Gasteiger partial charge in [0.25, 0.3) is 5.01 Å². The van der Waals surface area contributed by atoms with Crippen LogP contribution in [0.2, 0.25) is 0 Å². The lowest BCUT2D eigenvalue weighted by molar-refractivity contribution is -0.667. The van der Waals surface area contributed by atoms with Crippen molar-refractivity contribution in [3.05, 3.63) is 83.4 Å². The number of benzene rings is 3. The molecule has 10 nitrogen and oxygen atoms in total. The van der Waals surface area contributed by atoms with Crippen molar-refractivity contribution in [3.8, 4) is 5.75 Å². The number of hydrogen-bond donors (Lipinski definition) is 0. The molecule has 2 aromatic heterocycles. The fraction of sp³-hybridized carbons (Fsp3) is 0.258. The van der Waals surface area contributed by atoms with Gasteiger partial charge in [0, 0.05) is 36.6 Å². The molecule has 1 aliphatic rings. The average molecular weight is 654 g/mol. The molecule has 0 atom stereocenters. The summed E-state index contributed by atoms with van der Waals surface area (Å²) in [5.74, 6) is 0.183. The Hall–Kier alpha value is -3.75. The maximum absolute atomic E-state index is 11.4. The van der Waals surface area contributed by atoms with E-state index in [1.807, 2.05) is 83.1 Å². The number of ether oxygens (including phenoxy) is 1. The van der Waals surface area contributed by atoms with E-state index < -0.39 is 31.7 Å². The van der Waals surface area contributed by atoms with E-state index in [0.29, 0.717) is 30.2 Å². The largest absolute Gasteiger partial charge is 0.748 e. The van der Waals surface area contributed by atoms with E-state index in [-0.39, 0.29) is 19.4 Å². The van der Waals surface area contributed by atoms with Crippen LogP contribution < -0.4 is 14.2 Å². The lowest BCUT2D eigenvalue weighted by atomic mass is 10.1. The summed E-state index contributed by atoms with van der Waals surface area (Å²) < 4.78 is 83.1. The van der Waals surface area contributed by atoms with Crippen LogP contribution in [0, 0.1) is 0 Å². The molecule has 3 heterocycles. The number of aryl methyl sites for hydroxylation is 1. The number of rotatable bonds is 11. The van der Waals surface area contributed by atoms with Crippen molar-refractivity contribution in [2.45, 2.75) is 32.7 Å². The van der Waals surface area contributed by atoms with Gasteiger partial charge in [-0.1, -0.05) is 42.5 Å². The minimum atomic E-state index is -4.37. The molecule has 0 unspecified atom stereocenters. The van der Waals surface area contributed by atoms with Gasteiger partial charge in [-0.3, -0.25) is 0 Å². The van der Waals surface area contributed by atoms with Gasteiger partial charge in [0.1, 0.15) is 10.3 Å². The van der Waals surface area contributed by atoms with Crippen LogP contribution in [0.4, 0.5) is 5.69 Å². The molecule has 13 heteroatoms. The SMILES string of the molecule is CCC(/C=C1\Oc2cc3ccccc3cc2N1CCCS(=O)(=O)[O-])=C\c1sc2ccc3occc3c2[n+]1CCCS(=O)(=O)[O-]. The molecule has 0 N–H and O–H groups in total. The fourth-order valence-electron chi connectivity index (χ4n) is 5.46.